The molecule has 5 rings (SSSR count). The van der Waals surface area contributed by atoms with Crippen LogP contribution >= 0.6 is 0 Å². The molecule has 6 heteroatoms. The van der Waals surface area contributed by atoms with Gasteiger partial charge in [-0.25, -0.2) is 0 Å². The van der Waals surface area contributed by atoms with E-state index < -0.39 is 11.7 Å². The van der Waals surface area contributed by atoms with Crippen LogP contribution in [0.25, 0.3) is 44.1 Å². The van der Waals surface area contributed by atoms with Crippen LogP contribution in [-0.2, 0) is 26.3 Å². The summed E-state index contributed by atoms with van der Waals surface area (Å²) < 4.78 is 39.8. The SMILES string of the molecule is FC(F)(F)c1cccc(-c2nnc(-c3[c-]cccc3)c3cc4ccccc4cc23)c1.[Ir]. The predicted molar refractivity (Wildman–Crippen MR) is 112 cm³/mol. The van der Waals surface area contributed by atoms with Crippen molar-refractivity contribution in [3.63, 3.8) is 0 Å². The number of fused-ring (bicyclic) bond motifs is 2. The Kier molecular flexibility index (Phi) is 5.61. The molecule has 1 heterocycles. The van der Waals surface area contributed by atoms with E-state index in [-0.39, 0.29) is 20.1 Å². The minimum absolute atomic E-state index is 0. The zero-order chi connectivity index (χ0) is 20.7. The zero-order valence-corrected chi connectivity index (χ0v) is 18.3. The summed E-state index contributed by atoms with van der Waals surface area (Å²) in [6.45, 7) is 0. The number of benzene rings is 4. The van der Waals surface area contributed by atoms with Crippen LogP contribution in [0.2, 0.25) is 0 Å². The molecule has 4 aromatic carbocycles. The number of hydrogen-bond donors (Lipinski definition) is 0. The van der Waals surface area contributed by atoms with Crippen LogP contribution in [0.5, 0.6) is 0 Å². The van der Waals surface area contributed by atoms with E-state index in [9.17, 15) is 13.2 Å². The van der Waals surface area contributed by atoms with Gasteiger partial charge in [-0.15, -0.1) is 35.9 Å². The second kappa shape index (κ2) is 8.22. The van der Waals surface area contributed by atoms with Crippen molar-refractivity contribution in [2.45, 2.75) is 6.18 Å². The van der Waals surface area contributed by atoms with Crippen LogP contribution in [0.1, 0.15) is 5.56 Å². The van der Waals surface area contributed by atoms with E-state index in [0.29, 0.717) is 17.0 Å². The van der Waals surface area contributed by atoms with Crippen LogP contribution in [0.3, 0.4) is 0 Å². The molecule has 0 unspecified atom stereocenters. The molecular formula is C25H14F3IrN2-. The molecule has 2 nitrogen and oxygen atoms in total. The van der Waals surface area contributed by atoms with Gasteiger partial charge in [0.15, 0.2) is 0 Å². The Hall–Kier alpha value is -3.08. The van der Waals surface area contributed by atoms with Crippen LogP contribution in [0.4, 0.5) is 13.2 Å². The Balaban J connectivity index is 0.00000231. The first kappa shape index (κ1) is 21.2. The molecule has 0 atom stereocenters. The number of halogens is 3. The van der Waals surface area contributed by atoms with Gasteiger partial charge in [-0.1, -0.05) is 42.5 Å². The first-order valence-corrected chi connectivity index (χ1v) is 9.34. The van der Waals surface area contributed by atoms with Gasteiger partial charge in [-0.05, 0) is 34.4 Å². The van der Waals surface area contributed by atoms with E-state index in [1.54, 1.807) is 12.1 Å². The van der Waals surface area contributed by atoms with Gasteiger partial charge in [0, 0.05) is 36.7 Å². The van der Waals surface area contributed by atoms with Gasteiger partial charge in [0.05, 0.1) is 11.3 Å². The number of alkyl halides is 3. The standard InChI is InChI=1S/C25H14F3N2.Ir/c26-25(27,28)20-12-6-11-19(13-20)24-22-15-18-10-5-4-9-17(18)14-21(22)23(29-30-24)16-7-2-1-3-8-16;/h1-7,9-15H;/q-1;. The summed E-state index contributed by atoms with van der Waals surface area (Å²) >= 11 is 0. The Morgan fingerprint density at radius 1 is 0.677 bits per heavy atom. The maximum Gasteiger partial charge on any atom is 0.416 e. The molecule has 0 amide bonds. The van der Waals surface area contributed by atoms with E-state index in [4.69, 9.17) is 0 Å². The molecule has 0 spiro atoms. The third kappa shape index (κ3) is 3.97. The zero-order valence-electron chi connectivity index (χ0n) is 15.9. The maximum absolute atomic E-state index is 13.3. The van der Waals surface area contributed by atoms with Crippen LogP contribution < -0.4 is 0 Å². The summed E-state index contributed by atoms with van der Waals surface area (Å²) in [6.07, 6.45) is -4.43. The first-order valence-electron chi connectivity index (χ1n) is 9.34. The molecular weight excluding hydrogens is 578 g/mol. The van der Waals surface area contributed by atoms with Gasteiger partial charge in [0.1, 0.15) is 0 Å². The fourth-order valence-corrected chi connectivity index (χ4v) is 3.64. The molecule has 5 aromatic rings. The Morgan fingerprint density at radius 3 is 1.97 bits per heavy atom. The van der Waals surface area contributed by atoms with Crippen molar-refractivity contribution in [1.82, 2.24) is 10.2 Å². The largest absolute Gasteiger partial charge is 0.416 e. The predicted octanol–water partition coefficient (Wildman–Crippen LogP) is 6.93. The average molecular weight is 592 g/mol. The van der Waals surface area contributed by atoms with Gasteiger partial charge in [0.2, 0.25) is 0 Å². The molecule has 0 saturated carbocycles. The Morgan fingerprint density at radius 2 is 1.32 bits per heavy atom. The summed E-state index contributed by atoms with van der Waals surface area (Å²) in [5.74, 6) is 0. The van der Waals surface area contributed by atoms with Gasteiger partial charge in [0.25, 0.3) is 0 Å². The molecule has 31 heavy (non-hydrogen) atoms. The van der Waals surface area contributed by atoms with Crippen LogP contribution in [-0.4, -0.2) is 10.2 Å². The topological polar surface area (TPSA) is 25.8 Å². The van der Waals surface area contributed by atoms with E-state index in [2.05, 4.69) is 16.3 Å². The summed E-state index contributed by atoms with van der Waals surface area (Å²) in [6, 6.07) is 27.6. The molecule has 155 valence electrons. The number of nitrogens with zero attached hydrogens (tertiary/aromatic N) is 2. The van der Waals surface area contributed by atoms with Crippen molar-refractivity contribution >= 4 is 21.5 Å². The van der Waals surface area contributed by atoms with Crippen molar-refractivity contribution in [2.24, 2.45) is 0 Å². The monoisotopic (exact) mass is 592 g/mol. The van der Waals surface area contributed by atoms with Crippen molar-refractivity contribution in [2.75, 3.05) is 0 Å². The minimum atomic E-state index is -4.43. The molecule has 0 bridgehead atoms. The Labute approximate surface area is 190 Å². The van der Waals surface area contributed by atoms with Crippen molar-refractivity contribution in [3.05, 3.63) is 96.6 Å². The van der Waals surface area contributed by atoms with Crippen molar-refractivity contribution < 1.29 is 33.3 Å². The maximum atomic E-state index is 13.3. The van der Waals surface area contributed by atoms with Crippen LogP contribution in [0, 0.1) is 6.07 Å². The number of rotatable bonds is 2. The van der Waals surface area contributed by atoms with Gasteiger partial charge < -0.3 is 0 Å². The second-order valence-corrected chi connectivity index (χ2v) is 7.00. The summed E-state index contributed by atoms with van der Waals surface area (Å²) in [4.78, 5) is 0. The summed E-state index contributed by atoms with van der Waals surface area (Å²) in [7, 11) is 0. The second-order valence-electron chi connectivity index (χ2n) is 7.00. The molecule has 0 saturated heterocycles. The van der Waals surface area contributed by atoms with Gasteiger partial charge >= 0.3 is 6.18 Å². The van der Waals surface area contributed by atoms with Crippen molar-refractivity contribution in [1.29, 1.82) is 0 Å². The first-order chi connectivity index (χ1) is 14.5. The van der Waals surface area contributed by atoms with E-state index in [1.807, 2.05) is 54.6 Å². The minimum Gasteiger partial charge on any atom is -0.200 e. The van der Waals surface area contributed by atoms with Gasteiger partial charge in [-0.3, -0.25) is 0 Å². The third-order valence-electron chi connectivity index (χ3n) is 5.07. The molecule has 0 N–H and O–H groups in total. The normalized spacial score (nSPS) is 11.5. The Bertz CT molecular complexity index is 1380. The third-order valence-corrected chi connectivity index (χ3v) is 5.07. The summed E-state index contributed by atoms with van der Waals surface area (Å²) in [5, 5.41) is 12.3. The van der Waals surface area contributed by atoms with E-state index in [0.717, 1.165) is 39.2 Å². The number of aromatic nitrogens is 2. The number of hydrogen-bond acceptors (Lipinski definition) is 2. The molecule has 0 aliphatic rings. The van der Waals surface area contributed by atoms with Crippen molar-refractivity contribution in [3.8, 4) is 22.5 Å². The smallest absolute Gasteiger partial charge is 0.200 e. The van der Waals surface area contributed by atoms with Gasteiger partial charge in [-0.2, -0.15) is 23.4 Å². The molecule has 0 aliphatic heterocycles. The van der Waals surface area contributed by atoms with Crippen LogP contribution in [0.15, 0.2) is 84.9 Å². The van der Waals surface area contributed by atoms with E-state index in [1.165, 1.54) is 6.07 Å². The molecule has 0 fully saturated rings. The average Bonchev–Trinajstić information content (AvgIpc) is 2.77. The quantitative estimate of drug-likeness (QED) is 0.164. The molecule has 1 aromatic heterocycles. The van der Waals surface area contributed by atoms with E-state index >= 15 is 0 Å². The fourth-order valence-electron chi connectivity index (χ4n) is 3.64. The molecule has 0 aliphatic carbocycles. The summed E-state index contributed by atoms with van der Waals surface area (Å²) in [5.41, 5.74) is 1.51. The fraction of sp³-hybridized carbons (Fsp3) is 0.0400. The molecule has 1 radical (unpaired) electrons.